The highest BCUT2D eigenvalue weighted by molar-refractivity contribution is 5.44. The third-order valence-electron chi connectivity index (χ3n) is 2.83. The van der Waals surface area contributed by atoms with E-state index in [1.807, 2.05) is 0 Å². The van der Waals surface area contributed by atoms with Crippen LogP contribution in [0.5, 0.6) is 0 Å². The summed E-state index contributed by atoms with van der Waals surface area (Å²) in [6, 6.07) is 6.72. The van der Waals surface area contributed by atoms with Crippen LogP contribution in [0.2, 0.25) is 0 Å². The first-order chi connectivity index (χ1) is 10.8. The number of hydrogen-bond donors (Lipinski definition) is 0. The van der Waals surface area contributed by atoms with Crippen molar-refractivity contribution >= 4 is 0 Å². The van der Waals surface area contributed by atoms with Gasteiger partial charge in [0.15, 0.2) is 11.5 Å². The molecule has 0 saturated carbocycles. The van der Waals surface area contributed by atoms with Gasteiger partial charge in [-0.05, 0) is 24.3 Å². The Kier molecular flexibility index (Phi) is 2.75. The Hall–Kier alpha value is -3.36. The Morgan fingerprint density at radius 1 is 1.09 bits per heavy atom. The van der Waals surface area contributed by atoms with Crippen molar-refractivity contribution in [3.8, 4) is 23.2 Å². The molecule has 0 aliphatic carbocycles. The molecule has 4 heterocycles. The second-order valence-corrected chi connectivity index (χ2v) is 4.30. The van der Waals surface area contributed by atoms with E-state index in [4.69, 9.17) is 17.8 Å². The van der Waals surface area contributed by atoms with E-state index in [2.05, 4.69) is 15.2 Å². The molecule has 0 radical (unpaired) electrons. The molecule has 0 fully saturated rings. The van der Waals surface area contributed by atoms with Crippen LogP contribution in [0.1, 0.15) is 5.89 Å². The van der Waals surface area contributed by atoms with Crippen molar-refractivity contribution in [2.75, 3.05) is 0 Å². The molecule has 9 heteroatoms. The van der Waals surface area contributed by atoms with E-state index in [9.17, 15) is 4.79 Å². The first kappa shape index (κ1) is 12.4. The van der Waals surface area contributed by atoms with Gasteiger partial charge in [-0.1, -0.05) is 5.16 Å². The fourth-order valence-corrected chi connectivity index (χ4v) is 1.86. The Bertz CT molecular complexity index is 930. The van der Waals surface area contributed by atoms with Gasteiger partial charge in [0.25, 0.3) is 5.89 Å². The number of nitrogens with zero attached hydrogens (tertiary/aromatic N) is 4. The monoisotopic (exact) mass is 300 g/mol. The molecule has 0 bridgehead atoms. The highest BCUT2D eigenvalue weighted by Crippen LogP contribution is 2.17. The zero-order valence-electron chi connectivity index (χ0n) is 11.0. The minimum absolute atomic E-state index is 0.0171. The second kappa shape index (κ2) is 4.88. The van der Waals surface area contributed by atoms with E-state index in [1.54, 1.807) is 24.3 Å². The summed E-state index contributed by atoms with van der Waals surface area (Å²) in [5.41, 5.74) is 0. The predicted molar refractivity (Wildman–Crippen MR) is 69.6 cm³/mol. The number of furan rings is 2. The van der Waals surface area contributed by atoms with Crippen molar-refractivity contribution in [3.05, 3.63) is 53.2 Å². The summed E-state index contributed by atoms with van der Waals surface area (Å²) in [4.78, 5) is 15.9. The molecule has 0 N–H and O–H groups in total. The molecule has 0 atom stereocenters. The molecule has 4 aromatic heterocycles. The normalized spacial score (nSPS) is 11.1. The summed E-state index contributed by atoms with van der Waals surface area (Å²) in [5.74, 6) is 0.761. The zero-order valence-corrected chi connectivity index (χ0v) is 11.0. The zero-order chi connectivity index (χ0) is 14.9. The van der Waals surface area contributed by atoms with Crippen LogP contribution in [0.25, 0.3) is 23.2 Å². The lowest BCUT2D eigenvalue weighted by molar-refractivity contribution is 0.359. The first-order valence-electron chi connectivity index (χ1n) is 6.28. The number of hydrogen-bond acceptors (Lipinski definition) is 8. The molecule has 22 heavy (non-hydrogen) atoms. The maximum atomic E-state index is 11.8. The van der Waals surface area contributed by atoms with Crippen LogP contribution in [0.15, 0.2) is 59.4 Å². The quantitative estimate of drug-likeness (QED) is 0.560. The molecule has 0 saturated heterocycles. The summed E-state index contributed by atoms with van der Waals surface area (Å²) < 4.78 is 21.4. The smallest absolute Gasteiger partial charge is 0.437 e. The topological polar surface area (TPSA) is 113 Å². The maximum Gasteiger partial charge on any atom is 0.437 e. The van der Waals surface area contributed by atoms with Crippen molar-refractivity contribution in [1.82, 2.24) is 19.9 Å². The van der Waals surface area contributed by atoms with E-state index in [1.165, 1.54) is 12.5 Å². The molecule has 0 spiro atoms. The Morgan fingerprint density at radius 2 is 1.86 bits per heavy atom. The van der Waals surface area contributed by atoms with Gasteiger partial charge in [-0.15, -0.1) is 5.10 Å². The molecule has 4 rings (SSSR count). The van der Waals surface area contributed by atoms with E-state index in [-0.39, 0.29) is 18.3 Å². The summed E-state index contributed by atoms with van der Waals surface area (Å²) in [6.07, 6.45) is 2.96. The lowest BCUT2D eigenvalue weighted by atomic mass is 10.4. The van der Waals surface area contributed by atoms with Crippen LogP contribution >= 0.6 is 0 Å². The van der Waals surface area contributed by atoms with Crippen LogP contribution < -0.4 is 5.76 Å². The average molecular weight is 300 g/mol. The SMILES string of the molecule is O=c1oc(-c2ccco2)nn1Cc1nc(-c2ccco2)no1. The van der Waals surface area contributed by atoms with E-state index >= 15 is 0 Å². The minimum Gasteiger partial charge on any atom is -0.461 e. The van der Waals surface area contributed by atoms with Crippen molar-refractivity contribution < 1.29 is 17.8 Å². The molecule has 9 nitrogen and oxygen atoms in total. The third kappa shape index (κ3) is 2.14. The molecular formula is C13H8N4O5. The standard InChI is InChI=1S/C13H8N4O5/c18-13-17(15-12(21-13)9-4-2-6-20-9)7-10-14-11(16-22-10)8-3-1-5-19-8/h1-6H,7H2. The Labute approximate surface area is 121 Å². The van der Waals surface area contributed by atoms with E-state index in [0.29, 0.717) is 17.3 Å². The highest BCUT2D eigenvalue weighted by atomic mass is 16.5. The van der Waals surface area contributed by atoms with Gasteiger partial charge in [-0.25, -0.2) is 4.79 Å². The molecule has 110 valence electrons. The molecule has 0 unspecified atom stereocenters. The third-order valence-corrected chi connectivity index (χ3v) is 2.83. The van der Waals surface area contributed by atoms with E-state index < -0.39 is 5.76 Å². The summed E-state index contributed by atoms with van der Waals surface area (Å²) in [6.45, 7) is -0.0171. The van der Waals surface area contributed by atoms with Crippen LogP contribution in [0, 0.1) is 0 Å². The average Bonchev–Trinajstić information content (AvgIpc) is 3.28. The van der Waals surface area contributed by atoms with Crippen LogP contribution in [-0.2, 0) is 6.54 Å². The lowest BCUT2D eigenvalue weighted by Gasteiger charge is -1.90. The molecule has 0 aliphatic heterocycles. The lowest BCUT2D eigenvalue weighted by Crippen LogP contribution is -2.16. The summed E-state index contributed by atoms with van der Waals surface area (Å²) in [7, 11) is 0. The Morgan fingerprint density at radius 3 is 2.59 bits per heavy atom. The fourth-order valence-electron chi connectivity index (χ4n) is 1.86. The van der Waals surface area contributed by atoms with Crippen molar-refractivity contribution in [2.24, 2.45) is 0 Å². The van der Waals surface area contributed by atoms with Gasteiger partial charge < -0.3 is 17.8 Å². The molecular weight excluding hydrogens is 292 g/mol. The van der Waals surface area contributed by atoms with Gasteiger partial charge in [0.1, 0.15) is 6.54 Å². The van der Waals surface area contributed by atoms with Gasteiger partial charge in [-0.3, -0.25) is 0 Å². The molecule has 0 aliphatic rings. The maximum absolute atomic E-state index is 11.8. The van der Waals surface area contributed by atoms with Gasteiger partial charge in [0.2, 0.25) is 11.7 Å². The minimum atomic E-state index is -0.649. The van der Waals surface area contributed by atoms with Gasteiger partial charge in [0, 0.05) is 0 Å². The summed E-state index contributed by atoms with van der Waals surface area (Å²) in [5, 5.41) is 7.78. The summed E-state index contributed by atoms with van der Waals surface area (Å²) >= 11 is 0. The van der Waals surface area contributed by atoms with Crippen molar-refractivity contribution in [3.63, 3.8) is 0 Å². The molecule has 4 aromatic rings. The van der Waals surface area contributed by atoms with Gasteiger partial charge >= 0.3 is 5.76 Å². The molecule has 0 amide bonds. The van der Waals surface area contributed by atoms with E-state index in [0.717, 1.165) is 4.68 Å². The highest BCUT2D eigenvalue weighted by Gasteiger charge is 2.16. The Balaban J connectivity index is 1.60. The van der Waals surface area contributed by atoms with Crippen LogP contribution in [0.3, 0.4) is 0 Å². The molecule has 0 aromatic carbocycles. The largest absolute Gasteiger partial charge is 0.461 e. The fraction of sp³-hybridized carbons (Fsp3) is 0.0769. The predicted octanol–water partition coefficient (Wildman–Crippen LogP) is 1.79. The first-order valence-corrected chi connectivity index (χ1v) is 6.28. The van der Waals surface area contributed by atoms with Crippen LogP contribution in [0.4, 0.5) is 0 Å². The van der Waals surface area contributed by atoms with Crippen molar-refractivity contribution in [1.29, 1.82) is 0 Å². The van der Waals surface area contributed by atoms with Crippen LogP contribution in [-0.4, -0.2) is 19.9 Å². The second-order valence-electron chi connectivity index (χ2n) is 4.30. The number of rotatable bonds is 4. The number of aromatic nitrogens is 4. The van der Waals surface area contributed by atoms with Crippen molar-refractivity contribution in [2.45, 2.75) is 6.54 Å². The van der Waals surface area contributed by atoms with Gasteiger partial charge in [0.05, 0.1) is 12.5 Å². The van der Waals surface area contributed by atoms with Gasteiger partial charge in [-0.2, -0.15) is 9.67 Å².